The van der Waals surface area contributed by atoms with Crippen LogP contribution in [-0.4, -0.2) is 10.7 Å². The zero-order chi connectivity index (χ0) is 12.5. The third kappa shape index (κ3) is 2.24. The number of hydrogen-bond donors (Lipinski definition) is 0. The minimum Gasteiger partial charge on any atom is -0.294 e. The van der Waals surface area contributed by atoms with Crippen LogP contribution in [0.3, 0.4) is 0 Å². The number of Topliss-reactive ketones (excluding diaryl/α,β-unsaturated/α-hetero) is 1. The number of halogens is 3. The van der Waals surface area contributed by atoms with Crippen LogP contribution in [0.4, 0.5) is 14.5 Å². The zero-order valence-corrected chi connectivity index (χ0v) is 9.62. The molecule has 0 radical (unpaired) electrons. The monoisotopic (exact) mass is 293 g/mol. The van der Waals surface area contributed by atoms with Crippen molar-refractivity contribution >= 4 is 27.4 Å². The van der Waals surface area contributed by atoms with Crippen molar-refractivity contribution < 1.29 is 18.5 Å². The Morgan fingerprint density at radius 1 is 1.50 bits per heavy atom. The molecule has 4 nitrogen and oxygen atoms in total. The molecule has 0 N–H and O–H groups in total. The molecule has 0 spiro atoms. The molecular weight excluding hydrogens is 288 g/mol. The van der Waals surface area contributed by atoms with Gasteiger partial charge in [-0.15, -0.1) is 0 Å². The van der Waals surface area contributed by atoms with Gasteiger partial charge in [0.1, 0.15) is 5.56 Å². The van der Waals surface area contributed by atoms with Crippen molar-refractivity contribution in [2.45, 2.75) is 13.3 Å². The lowest BCUT2D eigenvalue weighted by Gasteiger charge is -2.08. The Hall–Kier alpha value is -1.37. The molecule has 7 heteroatoms. The van der Waals surface area contributed by atoms with Crippen molar-refractivity contribution in [1.82, 2.24) is 0 Å². The first-order chi connectivity index (χ1) is 7.36. The van der Waals surface area contributed by atoms with Crippen molar-refractivity contribution in [2.24, 2.45) is 0 Å². The number of nitro benzene ring substituents is 1. The van der Waals surface area contributed by atoms with Crippen molar-refractivity contribution in [2.75, 3.05) is 0 Å². The average Bonchev–Trinajstić information content (AvgIpc) is 2.15. The number of nitro groups is 1. The molecule has 0 bridgehead atoms. The van der Waals surface area contributed by atoms with Crippen molar-refractivity contribution in [3.05, 3.63) is 37.8 Å². The van der Waals surface area contributed by atoms with Crippen molar-refractivity contribution in [1.29, 1.82) is 0 Å². The zero-order valence-electron chi connectivity index (χ0n) is 8.04. The highest BCUT2D eigenvalue weighted by molar-refractivity contribution is 9.10. The highest BCUT2D eigenvalue weighted by Gasteiger charge is 2.28. The first-order valence-electron chi connectivity index (χ1n) is 4.12. The third-order valence-electron chi connectivity index (χ3n) is 1.94. The molecule has 1 aromatic rings. The second-order valence-electron chi connectivity index (χ2n) is 2.97. The van der Waals surface area contributed by atoms with Gasteiger partial charge in [-0.1, -0.05) is 15.9 Å². The van der Waals surface area contributed by atoms with E-state index in [9.17, 15) is 23.7 Å². The van der Waals surface area contributed by atoms with E-state index in [2.05, 4.69) is 15.9 Å². The summed E-state index contributed by atoms with van der Waals surface area (Å²) in [4.78, 5) is 20.8. The van der Waals surface area contributed by atoms with Gasteiger partial charge in [0.25, 0.3) is 12.1 Å². The van der Waals surface area contributed by atoms with Gasteiger partial charge in [0, 0.05) is 16.1 Å². The number of alkyl halides is 2. The lowest BCUT2D eigenvalue weighted by molar-refractivity contribution is -0.386. The van der Waals surface area contributed by atoms with Gasteiger partial charge in [-0.25, -0.2) is 8.78 Å². The molecular formula is C9H6BrF2NO3. The molecule has 1 aromatic carbocycles. The Bertz CT molecular complexity index is 462. The maximum absolute atomic E-state index is 12.7. The maximum atomic E-state index is 12.7. The predicted octanol–water partition coefficient (Wildman–Crippen LogP) is 3.50. The van der Waals surface area contributed by atoms with Crippen LogP contribution in [0.2, 0.25) is 0 Å². The van der Waals surface area contributed by atoms with E-state index >= 15 is 0 Å². The summed E-state index contributed by atoms with van der Waals surface area (Å²) >= 11 is 2.92. The van der Waals surface area contributed by atoms with E-state index in [0.717, 1.165) is 13.0 Å². The summed E-state index contributed by atoms with van der Waals surface area (Å²) in [6.45, 7) is 1.08. The number of rotatable bonds is 3. The first kappa shape index (κ1) is 12.7. The van der Waals surface area contributed by atoms with E-state index < -0.39 is 28.4 Å². The second kappa shape index (κ2) is 4.65. The van der Waals surface area contributed by atoms with E-state index in [0.29, 0.717) is 0 Å². The van der Waals surface area contributed by atoms with E-state index in [1.807, 2.05) is 0 Å². The number of carbonyl (C=O) groups excluding carboxylic acids is 1. The first-order valence-corrected chi connectivity index (χ1v) is 4.91. The normalized spacial score (nSPS) is 10.6. The number of benzene rings is 1. The Morgan fingerprint density at radius 2 is 2.06 bits per heavy atom. The Balaban J connectivity index is 3.63. The smallest absolute Gasteiger partial charge is 0.279 e. The lowest BCUT2D eigenvalue weighted by atomic mass is 10.0. The SMILES string of the molecule is CC(=O)c1c(Br)ccc([N+](=O)[O-])c1C(F)F. The summed E-state index contributed by atoms with van der Waals surface area (Å²) in [5, 5.41) is 10.6. The average molecular weight is 294 g/mol. The predicted molar refractivity (Wildman–Crippen MR) is 55.8 cm³/mol. The van der Waals surface area contributed by atoms with Crippen LogP contribution in [0.5, 0.6) is 0 Å². The maximum Gasteiger partial charge on any atom is 0.279 e. The highest BCUT2D eigenvalue weighted by atomic mass is 79.9. The Kier molecular flexibility index (Phi) is 3.69. The summed E-state index contributed by atoms with van der Waals surface area (Å²) in [7, 11) is 0. The van der Waals surface area contributed by atoms with Crippen LogP contribution in [0, 0.1) is 10.1 Å². The molecule has 0 amide bonds. The Morgan fingerprint density at radius 3 is 2.44 bits per heavy atom. The summed E-state index contributed by atoms with van der Waals surface area (Å²) in [6.07, 6.45) is -3.07. The Labute approximate surface area is 97.5 Å². The molecule has 0 aliphatic carbocycles. The van der Waals surface area contributed by atoms with Gasteiger partial charge in [-0.05, 0) is 13.0 Å². The molecule has 16 heavy (non-hydrogen) atoms. The molecule has 0 unspecified atom stereocenters. The number of nitrogens with zero attached hydrogens (tertiary/aromatic N) is 1. The van der Waals surface area contributed by atoms with Gasteiger partial charge in [-0.2, -0.15) is 0 Å². The van der Waals surface area contributed by atoms with E-state index in [1.165, 1.54) is 6.07 Å². The number of ketones is 1. The summed E-state index contributed by atoms with van der Waals surface area (Å²) in [5.74, 6) is -0.647. The van der Waals surface area contributed by atoms with Gasteiger partial charge in [-0.3, -0.25) is 14.9 Å². The molecule has 0 aromatic heterocycles. The molecule has 0 aliphatic rings. The molecule has 0 fully saturated rings. The molecule has 0 saturated carbocycles. The standard InChI is InChI=1S/C9H6BrF2NO3/c1-4(14)7-5(10)2-3-6(13(15)16)8(7)9(11)12/h2-3,9H,1H3. The van der Waals surface area contributed by atoms with Crippen LogP contribution >= 0.6 is 15.9 Å². The second-order valence-corrected chi connectivity index (χ2v) is 3.82. The topological polar surface area (TPSA) is 60.2 Å². The summed E-state index contributed by atoms with van der Waals surface area (Å²) < 4.78 is 25.5. The minimum absolute atomic E-state index is 0.126. The van der Waals surface area contributed by atoms with Gasteiger partial charge < -0.3 is 0 Å². The van der Waals surface area contributed by atoms with Crippen molar-refractivity contribution in [3.8, 4) is 0 Å². The van der Waals surface area contributed by atoms with E-state index in [1.54, 1.807) is 0 Å². The molecule has 86 valence electrons. The fraction of sp³-hybridized carbons (Fsp3) is 0.222. The number of hydrogen-bond acceptors (Lipinski definition) is 3. The molecule has 0 heterocycles. The van der Waals surface area contributed by atoms with Crippen LogP contribution in [-0.2, 0) is 0 Å². The summed E-state index contributed by atoms with van der Waals surface area (Å²) in [5.41, 5.74) is -1.93. The van der Waals surface area contributed by atoms with E-state index in [-0.39, 0.29) is 10.0 Å². The van der Waals surface area contributed by atoms with Gasteiger partial charge in [0.15, 0.2) is 5.78 Å². The van der Waals surface area contributed by atoms with Crippen molar-refractivity contribution in [3.63, 3.8) is 0 Å². The van der Waals surface area contributed by atoms with Crippen LogP contribution < -0.4 is 0 Å². The summed E-state index contributed by atoms with van der Waals surface area (Å²) in [6, 6.07) is 2.15. The van der Waals surface area contributed by atoms with E-state index in [4.69, 9.17) is 0 Å². The fourth-order valence-electron chi connectivity index (χ4n) is 1.32. The van der Waals surface area contributed by atoms with Crippen LogP contribution in [0.1, 0.15) is 29.3 Å². The quantitative estimate of drug-likeness (QED) is 0.487. The van der Waals surface area contributed by atoms with Gasteiger partial charge >= 0.3 is 0 Å². The number of carbonyl (C=O) groups is 1. The molecule has 0 atom stereocenters. The fourth-order valence-corrected chi connectivity index (χ4v) is 1.94. The van der Waals surface area contributed by atoms with Crippen LogP contribution in [0.15, 0.2) is 16.6 Å². The van der Waals surface area contributed by atoms with Crippen LogP contribution in [0.25, 0.3) is 0 Å². The van der Waals surface area contributed by atoms with Gasteiger partial charge in [0.2, 0.25) is 0 Å². The molecule has 1 rings (SSSR count). The largest absolute Gasteiger partial charge is 0.294 e. The minimum atomic E-state index is -3.07. The molecule has 0 saturated heterocycles. The van der Waals surface area contributed by atoms with Gasteiger partial charge in [0.05, 0.1) is 4.92 Å². The molecule has 0 aliphatic heterocycles. The lowest BCUT2D eigenvalue weighted by Crippen LogP contribution is -2.05. The highest BCUT2D eigenvalue weighted by Crippen LogP contribution is 2.36. The third-order valence-corrected chi connectivity index (χ3v) is 2.60.